The monoisotopic (exact) mass is 263 g/mol. The van der Waals surface area contributed by atoms with E-state index in [1.54, 1.807) is 0 Å². The van der Waals surface area contributed by atoms with Crippen molar-refractivity contribution in [3.05, 3.63) is 30.3 Å². The number of rotatable bonds is 7. The molecular formula is C15H25N3O. The van der Waals surface area contributed by atoms with E-state index in [-0.39, 0.29) is 5.41 Å². The standard InChI is InChI=1S/C15H25N3O/c1-15(2,14(16)17-19)11-7-8-12-18(3)13-9-5-4-6-10-13/h4-6,9-10,19H,7-8,11-12H2,1-3H3,(H2,16,17). The Morgan fingerprint density at radius 1 is 1.26 bits per heavy atom. The Bertz CT molecular complexity index is 401. The molecule has 0 bridgehead atoms. The van der Waals surface area contributed by atoms with Gasteiger partial charge in [0.25, 0.3) is 0 Å². The largest absolute Gasteiger partial charge is 0.409 e. The van der Waals surface area contributed by atoms with Gasteiger partial charge in [-0.3, -0.25) is 0 Å². The number of para-hydroxylation sites is 1. The van der Waals surface area contributed by atoms with Gasteiger partial charge in [-0.25, -0.2) is 0 Å². The molecule has 1 rings (SSSR count). The van der Waals surface area contributed by atoms with Crippen molar-refractivity contribution in [3.8, 4) is 0 Å². The Hall–Kier alpha value is -1.71. The molecule has 1 aromatic carbocycles. The number of nitrogens with zero attached hydrogens (tertiary/aromatic N) is 2. The van der Waals surface area contributed by atoms with E-state index in [0.29, 0.717) is 5.84 Å². The van der Waals surface area contributed by atoms with Crippen LogP contribution >= 0.6 is 0 Å². The highest BCUT2D eigenvalue weighted by atomic mass is 16.4. The topological polar surface area (TPSA) is 61.8 Å². The molecule has 19 heavy (non-hydrogen) atoms. The maximum absolute atomic E-state index is 8.72. The minimum atomic E-state index is -0.236. The first kappa shape index (κ1) is 15.3. The lowest BCUT2D eigenvalue weighted by molar-refractivity contribution is 0.304. The van der Waals surface area contributed by atoms with Gasteiger partial charge in [0.2, 0.25) is 0 Å². The molecule has 0 heterocycles. The summed E-state index contributed by atoms with van der Waals surface area (Å²) in [7, 11) is 2.10. The first-order chi connectivity index (χ1) is 8.97. The van der Waals surface area contributed by atoms with Crippen molar-refractivity contribution >= 4 is 11.5 Å². The number of hydrogen-bond donors (Lipinski definition) is 2. The number of unbranched alkanes of at least 4 members (excludes halogenated alkanes) is 1. The van der Waals surface area contributed by atoms with Crippen LogP contribution in [-0.2, 0) is 0 Å². The van der Waals surface area contributed by atoms with E-state index in [1.165, 1.54) is 5.69 Å². The predicted molar refractivity (Wildman–Crippen MR) is 80.8 cm³/mol. The molecular weight excluding hydrogens is 238 g/mol. The van der Waals surface area contributed by atoms with Crippen molar-refractivity contribution in [2.45, 2.75) is 33.1 Å². The molecule has 1 aromatic rings. The lowest BCUT2D eigenvalue weighted by Crippen LogP contribution is -2.32. The van der Waals surface area contributed by atoms with E-state index < -0.39 is 0 Å². The molecule has 0 spiro atoms. The summed E-state index contributed by atoms with van der Waals surface area (Å²) in [6, 6.07) is 10.3. The summed E-state index contributed by atoms with van der Waals surface area (Å²) in [4.78, 5) is 2.25. The van der Waals surface area contributed by atoms with E-state index in [9.17, 15) is 0 Å². The van der Waals surface area contributed by atoms with Crippen LogP contribution < -0.4 is 10.6 Å². The van der Waals surface area contributed by atoms with Crippen LogP contribution in [-0.4, -0.2) is 24.6 Å². The molecule has 106 valence electrons. The minimum absolute atomic E-state index is 0.236. The summed E-state index contributed by atoms with van der Waals surface area (Å²) >= 11 is 0. The van der Waals surface area contributed by atoms with Gasteiger partial charge in [0.05, 0.1) is 0 Å². The summed E-state index contributed by atoms with van der Waals surface area (Å²) in [5, 5.41) is 11.8. The molecule has 3 N–H and O–H groups in total. The van der Waals surface area contributed by atoms with Crippen molar-refractivity contribution in [2.75, 3.05) is 18.5 Å². The fraction of sp³-hybridized carbons (Fsp3) is 0.533. The normalized spacial score (nSPS) is 12.5. The van der Waals surface area contributed by atoms with Gasteiger partial charge in [-0.1, -0.05) is 43.6 Å². The third-order valence-electron chi connectivity index (χ3n) is 3.54. The molecule has 0 aromatic heterocycles. The summed E-state index contributed by atoms with van der Waals surface area (Å²) in [5.74, 6) is 0.309. The van der Waals surface area contributed by atoms with E-state index in [0.717, 1.165) is 25.8 Å². The molecule has 0 aliphatic rings. The average Bonchev–Trinajstić information content (AvgIpc) is 2.43. The van der Waals surface area contributed by atoms with Gasteiger partial charge in [0.1, 0.15) is 5.84 Å². The molecule has 4 nitrogen and oxygen atoms in total. The van der Waals surface area contributed by atoms with Gasteiger partial charge in [0, 0.05) is 24.7 Å². The van der Waals surface area contributed by atoms with Crippen LogP contribution in [0.1, 0.15) is 33.1 Å². The van der Waals surface area contributed by atoms with Crippen LogP contribution in [0.3, 0.4) is 0 Å². The van der Waals surface area contributed by atoms with E-state index in [1.807, 2.05) is 32.0 Å². The molecule has 0 amide bonds. The van der Waals surface area contributed by atoms with Gasteiger partial charge in [-0.15, -0.1) is 0 Å². The first-order valence-corrected chi connectivity index (χ1v) is 6.71. The fourth-order valence-electron chi connectivity index (χ4n) is 1.99. The van der Waals surface area contributed by atoms with Crippen LogP contribution in [0.4, 0.5) is 5.69 Å². The lowest BCUT2D eigenvalue weighted by atomic mass is 9.86. The zero-order valence-corrected chi connectivity index (χ0v) is 12.1. The van der Waals surface area contributed by atoms with Crippen molar-refractivity contribution in [1.29, 1.82) is 0 Å². The second kappa shape index (κ2) is 7.02. The van der Waals surface area contributed by atoms with Crippen molar-refractivity contribution in [2.24, 2.45) is 16.3 Å². The highest BCUT2D eigenvalue weighted by Crippen LogP contribution is 2.23. The molecule has 0 radical (unpaired) electrons. The zero-order chi connectivity index (χ0) is 14.3. The Balaban J connectivity index is 2.32. The molecule has 0 saturated carbocycles. The van der Waals surface area contributed by atoms with Crippen molar-refractivity contribution < 1.29 is 5.21 Å². The van der Waals surface area contributed by atoms with Crippen molar-refractivity contribution in [1.82, 2.24) is 0 Å². The molecule has 0 saturated heterocycles. The highest BCUT2D eigenvalue weighted by molar-refractivity contribution is 5.85. The molecule has 0 atom stereocenters. The summed E-state index contributed by atoms with van der Waals surface area (Å²) < 4.78 is 0. The van der Waals surface area contributed by atoms with Crippen molar-refractivity contribution in [3.63, 3.8) is 0 Å². The molecule has 0 aliphatic heterocycles. The van der Waals surface area contributed by atoms with Crippen LogP contribution in [0, 0.1) is 5.41 Å². The molecule has 0 unspecified atom stereocenters. The summed E-state index contributed by atoms with van der Waals surface area (Å²) in [6.07, 6.45) is 3.07. The lowest BCUT2D eigenvalue weighted by Gasteiger charge is -2.24. The van der Waals surface area contributed by atoms with Gasteiger partial charge in [-0.2, -0.15) is 0 Å². The molecule has 0 fully saturated rings. The SMILES string of the molecule is CN(CCCCC(C)(C)/C(N)=N/O)c1ccccc1. The Morgan fingerprint density at radius 2 is 1.89 bits per heavy atom. The predicted octanol–water partition coefficient (Wildman–Crippen LogP) is 3.07. The third kappa shape index (κ3) is 4.81. The van der Waals surface area contributed by atoms with Gasteiger partial charge in [0.15, 0.2) is 0 Å². The summed E-state index contributed by atoms with van der Waals surface area (Å²) in [6.45, 7) is 5.02. The van der Waals surface area contributed by atoms with E-state index >= 15 is 0 Å². The van der Waals surface area contributed by atoms with E-state index in [4.69, 9.17) is 10.9 Å². The summed E-state index contributed by atoms with van der Waals surface area (Å²) in [5.41, 5.74) is 6.67. The third-order valence-corrected chi connectivity index (χ3v) is 3.54. The first-order valence-electron chi connectivity index (χ1n) is 6.71. The smallest absolute Gasteiger partial charge is 0.144 e. The maximum Gasteiger partial charge on any atom is 0.144 e. The number of hydrogen-bond acceptors (Lipinski definition) is 3. The van der Waals surface area contributed by atoms with E-state index in [2.05, 4.69) is 29.2 Å². The number of benzene rings is 1. The average molecular weight is 263 g/mol. The highest BCUT2D eigenvalue weighted by Gasteiger charge is 2.22. The number of amidine groups is 1. The van der Waals surface area contributed by atoms with Crippen LogP contribution in [0.25, 0.3) is 0 Å². The van der Waals surface area contributed by atoms with Gasteiger partial charge < -0.3 is 15.8 Å². The minimum Gasteiger partial charge on any atom is -0.409 e. The Morgan fingerprint density at radius 3 is 2.47 bits per heavy atom. The number of anilines is 1. The second-order valence-electron chi connectivity index (χ2n) is 5.58. The Labute approximate surface area is 115 Å². The molecule has 0 aliphatic carbocycles. The van der Waals surface area contributed by atoms with Gasteiger partial charge >= 0.3 is 0 Å². The van der Waals surface area contributed by atoms with Gasteiger partial charge in [-0.05, 0) is 25.0 Å². The number of nitrogens with two attached hydrogens (primary N) is 1. The zero-order valence-electron chi connectivity index (χ0n) is 12.1. The quantitative estimate of drug-likeness (QED) is 0.261. The second-order valence-corrected chi connectivity index (χ2v) is 5.58. The fourth-order valence-corrected chi connectivity index (χ4v) is 1.99. The van der Waals surface area contributed by atoms with Crippen LogP contribution in [0.5, 0.6) is 0 Å². The Kier molecular flexibility index (Phi) is 5.67. The number of oxime groups is 1. The van der Waals surface area contributed by atoms with Crippen LogP contribution in [0.2, 0.25) is 0 Å². The van der Waals surface area contributed by atoms with Crippen LogP contribution in [0.15, 0.2) is 35.5 Å². The molecule has 4 heteroatoms. The maximum atomic E-state index is 8.72.